The van der Waals surface area contributed by atoms with E-state index in [0.29, 0.717) is 5.82 Å². The molecule has 6 heteroatoms. The summed E-state index contributed by atoms with van der Waals surface area (Å²) in [5, 5.41) is 13.0. The summed E-state index contributed by atoms with van der Waals surface area (Å²) in [6.07, 6.45) is 0. The van der Waals surface area contributed by atoms with Crippen LogP contribution in [0.4, 0.5) is 0 Å². The SMILES string of the molecule is c1ccc(-n2c3ccccc3c3ccc(-c4ccc5c6ccccc6n(-c6ccc(-c7nc(-c8cccc(-n9c%10ccccc%10c%10ccc(-c%11ccc%12c%13ccccc%13n(-c%13ccccc%13)c%12c%11)cc%109)c8)nc8c7ccc7ccccc78)cc6)c5c4)cc32)cc1. The molecule has 0 aliphatic heterocycles. The molecule has 6 nitrogen and oxygen atoms in total. The molecule has 14 aromatic carbocycles. The molecule has 0 atom stereocenters. The first-order valence-corrected chi connectivity index (χ1v) is 30.8. The van der Waals surface area contributed by atoms with E-state index in [0.717, 1.165) is 100 Å². The van der Waals surface area contributed by atoms with Crippen LogP contribution in [0.3, 0.4) is 0 Å². The molecule has 5 aromatic heterocycles. The molecule has 0 unspecified atom stereocenters. The van der Waals surface area contributed by atoms with Gasteiger partial charge in [-0.25, -0.2) is 9.97 Å². The second-order valence-corrected chi connectivity index (χ2v) is 23.7. The van der Waals surface area contributed by atoms with Crippen LogP contribution in [0.15, 0.2) is 315 Å². The van der Waals surface area contributed by atoms with E-state index in [-0.39, 0.29) is 0 Å². The highest BCUT2D eigenvalue weighted by atomic mass is 15.0. The maximum atomic E-state index is 5.59. The van der Waals surface area contributed by atoms with Gasteiger partial charge < -0.3 is 18.3 Å². The maximum Gasteiger partial charge on any atom is 0.160 e. The van der Waals surface area contributed by atoms with Gasteiger partial charge in [0.2, 0.25) is 0 Å². The van der Waals surface area contributed by atoms with Crippen LogP contribution in [0.2, 0.25) is 0 Å². The fourth-order valence-corrected chi connectivity index (χ4v) is 14.6. The van der Waals surface area contributed by atoms with Gasteiger partial charge in [0.1, 0.15) is 0 Å². The zero-order valence-corrected chi connectivity index (χ0v) is 48.7. The Morgan fingerprint density at radius 2 is 0.533 bits per heavy atom. The third-order valence-electron chi connectivity index (χ3n) is 18.7. The lowest BCUT2D eigenvalue weighted by Gasteiger charge is -2.14. The zero-order chi connectivity index (χ0) is 59.0. The number of para-hydroxylation sites is 6. The monoisotopic (exact) mass is 1140 g/mol. The van der Waals surface area contributed by atoms with Crippen LogP contribution in [0.5, 0.6) is 0 Å². The van der Waals surface area contributed by atoms with Gasteiger partial charge in [0.25, 0.3) is 0 Å². The Morgan fingerprint density at radius 3 is 0.989 bits per heavy atom. The van der Waals surface area contributed by atoms with Crippen LogP contribution in [0.1, 0.15) is 0 Å². The fourth-order valence-electron chi connectivity index (χ4n) is 14.6. The van der Waals surface area contributed by atoms with Crippen molar-refractivity contribution >= 4 is 109 Å². The van der Waals surface area contributed by atoms with Gasteiger partial charge in [0, 0.05) is 87.7 Å². The lowest BCUT2D eigenvalue weighted by atomic mass is 10.0. The lowest BCUT2D eigenvalue weighted by Crippen LogP contribution is -1.99. The maximum absolute atomic E-state index is 5.59. The highest BCUT2D eigenvalue weighted by Gasteiger charge is 2.21. The predicted molar refractivity (Wildman–Crippen MR) is 376 cm³/mol. The number of fused-ring (bicyclic) bond motifs is 15. The van der Waals surface area contributed by atoms with Crippen LogP contribution in [-0.2, 0) is 0 Å². The second-order valence-electron chi connectivity index (χ2n) is 23.7. The molecule has 90 heavy (non-hydrogen) atoms. The third-order valence-corrected chi connectivity index (χ3v) is 18.7. The molecule has 0 amide bonds. The van der Waals surface area contributed by atoms with Gasteiger partial charge in [0.15, 0.2) is 5.82 Å². The van der Waals surface area contributed by atoms with Crippen molar-refractivity contribution in [3.05, 3.63) is 315 Å². The largest absolute Gasteiger partial charge is 0.309 e. The summed E-state index contributed by atoms with van der Waals surface area (Å²) in [5.41, 5.74) is 22.1. The average Bonchev–Trinajstić information content (AvgIpc) is 1.79. The van der Waals surface area contributed by atoms with Crippen molar-refractivity contribution in [2.45, 2.75) is 0 Å². The lowest BCUT2D eigenvalue weighted by molar-refractivity contribution is 1.17. The van der Waals surface area contributed by atoms with Crippen molar-refractivity contribution in [3.63, 3.8) is 0 Å². The molecule has 5 heterocycles. The third kappa shape index (κ3) is 7.65. The number of hydrogen-bond donors (Lipinski definition) is 0. The minimum Gasteiger partial charge on any atom is -0.309 e. The molecule has 0 saturated heterocycles. The molecular formula is C84H52N6. The molecule has 0 N–H and O–H groups in total. The molecule has 0 saturated carbocycles. The van der Waals surface area contributed by atoms with E-state index in [2.05, 4.69) is 334 Å². The second kappa shape index (κ2) is 19.7. The van der Waals surface area contributed by atoms with Gasteiger partial charge in [0.05, 0.1) is 55.3 Å². The highest BCUT2D eigenvalue weighted by molar-refractivity contribution is 6.15. The summed E-state index contributed by atoms with van der Waals surface area (Å²) in [6.45, 7) is 0. The first-order chi connectivity index (χ1) is 44.6. The summed E-state index contributed by atoms with van der Waals surface area (Å²) in [5.74, 6) is 0.667. The molecule has 0 spiro atoms. The quantitative estimate of drug-likeness (QED) is 0.142. The van der Waals surface area contributed by atoms with Gasteiger partial charge in [-0.15, -0.1) is 0 Å². The number of rotatable bonds is 8. The van der Waals surface area contributed by atoms with E-state index < -0.39 is 0 Å². The Hall–Kier alpha value is -12.1. The Labute approximate surface area is 517 Å². The zero-order valence-electron chi connectivity index (χ0n) is 48.7. The normalized spacial score (nSPS) is 12.0. The summed E-state index contributed by atoms with van der Waals surface area (Å²) >= 11 is 0. The van der Waals surface area contributed by atoms with E-state index in [9.17, 15) is 0 Å². The summed E-state index contributed by atoms with van der Waals surface area (Å²) in [6, 6.07) is 115. The van der Waals surface area contributed by atoms with Gasteiger partial charge in [-0.1, -0.05) is 212 Å². The van der Waals surface area contributed by atoms with Gasteiger partial charge >= 0.3 is 0 Å². The topological polar surface area (TPSA) is 45.5 Å². The predicted octanol–water partition coefficient (Wildman–Crippen LogP) is 21.8. The molecule has 0 bridgehead atoms. The van der Waals surface area contributed by atoms with Gasteiger partial charge in [-0.2, -0.15) is 0 Å². The van der Waals surface area contributed by atoms with E-state index >= 15 is 0 Å². The standard InChI is InChI=1S/C84H52N6/c1-3-20-60(21-4-1)87-74-30-13-9-26-65(74)69-43-37-55(49-78(69)87)57-39-45-71-67-28-11-15-32-76(67)89(80(71)51-57)62-41-34-54(35-42-62)82-73-47-36-53-18-7-8-25-64(53)83(73)86-84(85-82)59-19-17-24-63(48-59)90-77-33-16-12-29-68(77)72-46-40-58(52-81(72)90)56-38-44-70-66-27-10-14-31-75(66)88(79(70)50-56)61-22-5-2-6-23-61/h1-52H. The van der Waals surface area contributed by atoms with E-state index in [1.54, 1.807) is 0 Å². The molecule has 0 aliphatic rings. The molecule has 0 radical (unpaired) electrons. The smallest absolute Gasteiger partial charge is 0.160 e. The van der Waals surface area contributed by atoms with Crippen LogP contribution in [-0.4, -0.2) is 28.2 Å². The van der Waals surface area contributed by atoms with Gasteiger partial charge in [-0.3, -0.25) is 0 Å². The highest BCUT2D eigenvalue weighted by Crippen LogP contribution is 2.43. The minimum absolute atomic E-state index is 0.667. The summed E-state index contributed by atoms with van der Waals surface area (Å²) in [4.78, 5) is 11.1. The number of benzene rings is 14. The van der Waals surface area contributed by atoms with E-state index in [1.807, 2.05) is 0 Å². The van der Waals surface area contributed by atoms with Gasteiger partial charge in [-0.05, 0) is 131 Å². The minimum atomic E-state index is 0.667. The van der Waals surface area contributed by atoms with E-state index in [4.69, 9.17) is 9.97 Å². The Morgan fingerprint density at radius 1 is 0.189 bits per heavy atom. The van der Waals surface area contributed by atoms with Crippen LogP contribution >= 0.6 is 0 Å². The van der Waals surface area contributed by atoms with Crippen molar-refractivity contribution in [2.24, 2.45) is 0 Å². The van der Waals surface area contributed by atoms with Crippen molar-refractivity contribution in [1.29, 1.82) is 0 Å². The van der Waals surface area contributed by atoms with Crippen molar-refractivity contribution < 1.29 is 0 Å². The van der Waals surface area contributed by atoms with Crippen LogP contribution in [0, 0.1) is 0 Å². The Kier molecular flexibility index (Phi) is 11.0. The molecule has 0 aliphatic carbocycles. The first-order valence-electron chi connectivity index (χ1n) is 30.8. The first kappa shape index (κ1) is 50.1. The molecule has 418 valence electrons. The molecule has 19 rings (SSSR count). The van der Waals surface area contributed by atoms with Crippen molar-refractivity contribution in [1.82, 2.24) is 28.2 Å². The van der Waals surface area contributed by atoms with Crippen LogP contribution < -0.4 is 0 Å². The van der Waals surface area contributed by atoms with Crippen LogP contribution in [0.25, 0.3) is 177 Å². The molecular weight excluding hydrogens is 1090 g/mol. The molecule has 19 aromatic rings. The Bertz CT molecular complexity index is 6140. The average molecular weight is 1150 g/mol. The number of nitrogens with zero attached hydrogens (tertiary/aromatic N) is 6. The van der Waals surface area contributed by atoms with Crippen molar-refractivity contribution in [2.75, 3.05) is 0 Å². The Balaban J connectivity index is 0.732. The van der Waals surface area contributed by atoms with E-state index in [1.165, 1.54) is 70.7 Å². The number of hydrogen-bond acceptors (Lipinski definition) is 2. The fraction of sp³-hybridized carbons (Fsp3) is 0. The summed E-state index contributed by atoms with van der Waals surface area (Å²) < 4.78 is 9.62. The number of aromatic nitrogens is 6. The molecule has 0 fully saturated rings. The summed E-state index contributed by atoms with van der Waals surface area (Å²) in [7, 11) is 0. The van der Waals surface area contributed by atoms with Crippen molar-refractivity contribution in [3.8, 4) is 67.6 Å².